The molecular formula is C74H144O17P2. The van der Waals surface area contributed by atoms with E-state index < -0.39 is 97.5 Å². The molecule has 17 nitrogen and oxygen atoms in total. The first-order valence-corrected chi connectivity index (χ1v) is 41.5. The molecule has 0 aromatic carbocycles. The summed E-state index contributed by atoms with van der Waals surface area (Å²) >= 11 is 0. The first kappa shape index (κ1) is 91.1. The second-order valence-electron chi connectivity index (χ2n) is 27.4. The molecule has 0 amide bonds. The van der Waals surface area contributed by atoms with Crippen LogP contribution in [0.15, 0.2) is 0 Å². The van der Waals surface area contributed by atoms with Crippen LogP contribution in [0.3, 0.4) is 0 Å². The van der Waals surface area contributed by atoms with Gasteiger partial charge in [0, 0.05) is 25.7 Å². The number of unbranched alkanes of at least 4 members (excludes halogenated alkanes) is 42. The minimum Gasteiger partial charge on any atom is -0.462 e. The molecule has 0 heterocycles. The van der Waals surface area contributed by atoms with Gasteiger partial charge in [-0.2, -0.15) is 0 Å². The molecule has 0 aromatic rings. The van der Waals surface area contributed by atoms with Gasteiger partial charge in [0.05, 0.1) is 26.4 Å². The van der Waals surface area contributed by atoms with Gasteiger partial charge in [-0.3, -0.25) is 37.3 Å². The summed E-state index contributed by atoms with van der Waals surface area (Å²) in [6.07, 6.45) is 52.5. The number of carbonyl (C=O) groups excluding carboxylic acids is 4. The SMILES string of the molecule is CCCCCCCCCCCCCCCC(=O)OC[C@H](COP(=O)(O)OC[C@@H](O)COP(=O)(O)OC[C@@H](COC(=O)CCCCCCCCCCCCCC)OC(=O)CCCCCCCCCCC(C)CC)OC(=O)CCCCCCCCCCCCCCCC(C)C. The van der Waals surface area contributed by atoms with Crippen LogP contribution in [0.4, 0.5) is 0 Å². The number of carbonyl (C=O) groups is 4. The van der Waals surface area contributed by atoms with E-state index in [1.165, 1.54) is 199 Å². The molecule has 0 bridgehead atoms. The fraction of sp³-hybridized carbons (Fsp3) is 0.946. The maximum Gasteiger partial charge on any atom is 0.472 e. The molecule has 0 aliphatic carbocycles. The predicted octanol–water partition coefficient (Wildman–Crippen LogP) is 21.6. The third-order valence-electron chi connectivity index (χ3n) is 17.6. The van der Waals surface area contributed by atoms with Crippen molar-refractivity contribution < 1.29 is 80.2 Å². The fourth-order valence-electron chi connectivity index (χ4n) is 11.3. The molecule has 3 unspecified atom stereocenters. The number of ether oxygens (including phenoxy) is 4. The zero-order valence-electron chi connectivity index (χ0n) is 60.6. The van der Waals surface area contributed by atoms with Gasteiger partial charge in [0.2, 0.25) is 0 Å². The standard InChI is InChI=1S/C74H144O17P2/c1-7-10-12-14-16-18-20-23-28-32-39-45-51-57-72(77)84-62-69(90-73(78)58-52-46-40-33-29-25-22-24-26-30-36-42-48-54-66(4)5)64-88-92(80,81)86-60-68(75)61-87-93(82,83)89-65-70(91-74(79)59-53-47-41-35-34-37-43-49-55-67(6)9-3)63-85-71(76)56-50-44-38-31-27-21-19-17-15-13-11-8-2/h66-70,75H,7-65H2,1-6H3,(H,80,81)(H,82,83)/t67?,68-,69-,70-/m1/s1. The number of esters is 4. The van der Waals surface area contributed by atoms with Crippen LogP contribution in [0, 0.1) is 11.8 Å². The Balaban J connectivity index is 5.26. The van der Waals surface area contributed by atoms with Crippen LogP contribution in [-0.4, -0.2) is 96.7 Å². The van der Waals surface area contributed by atoms with Crippen molar-refractivity contribution in [2.45, 2.75) is 400 Å². The summed E-state index contributed by atoms with van der Waals surface area (Å²) in [5.74, 6) is -0.561. The molecule has 93 heavy (non-hydrogen) atoms. The average Bonchev–Trinajstić information content (AvgIpc) is 2.06. The Morgan fingerprint density at radius 3 is 0.817 bits per heavy atom. The molecule has 0 radical (unpaired) electrons. The van der Waals surface area contributed by atoms with Gasteiger partial charge in [-0.05, 0) is 37.5 Å². The molecule has 552 valence electrons. The van der Waals surface area contributed by atoms with Crippen LogP contribution in [0.5, 0.6) is 0 Å². The number of hydrogen-bond donors (Lipinski definition) is 3. The van der Waals surface area contributed by atoms with E-state index in [4.69, 9.17) is 37.0 Å². The van der Waals surface area contributed by atoms with Gasteiger partial charge < -0.3 is 33.8 Å². The number of phosphoric acid groups is 2. The number of rotatable bonds is 73. The topological polar surface area (TPSA) is 237 Å². The highest BCUT2D eigenvalue weighted by molar-refractivity contribution is 7.47. The van der Waals surface area contributed by atoms with E-state index in [2.05, 4.69) is 41.5 Å². The summed E-state index contributed by atoms with van der Waals surface area (Å²) < 4.78 is 68.5. The molecule has 0 spiro atoms. The Hall–Kier alpha value is -1.94. The lowest BCUT2D eigenvalue weighted by atomic mass is 9.99. The Bertz CT molecular complexity index is 1810. The average molecular weight is 1370 g/mol. The van der Waals surface area contributed by atoms with Crippen LogP contribution in [0.1, 0.15) is 382 Å². The molecule has 0 fully saturated rings. The second kappa shape index (κ2) is 66.0. The maximum absolute atomic E-state index is 13.1. The molecule has 3 N–H and O–H groups in total. The maximum atomic E-state index is 13.1. The van der Waals surface area contributed by atoms with Crippen LogP contribution in [0.25, 0.3) is 0 Å². The van der Waals surface area contributed by atoms with E-state index in [1.807, 2.05) is 0 Å². The van der Waals surface area contributed by atoms with E-state index in [-0.39, 0.29) is 25.7 Å². The minimum absolute atomic E-state index is 0.105. The summed E-state index contributed by atoms with van der Waals surface area (Å²) in [5, 5.41) is 10.6. The Labute approximate surface area is 568 Å². The Kier molecular flexibility index (Phi) is 64.6. The van der Waals surface area contributed by atoms with Gasteiger partial charge >= 0.3 is 39.5 Å². The second-order valence-corrected chi connectivity index (χ2v) is 30.3. The predicted molar refractivity (Wildman–Crippen MR) is 377 cm³/mol. The molecule has 6 atom stereocenters. The number of aliphatic hydroxyl groups is 1. The van der Waals surface area contributed by atoms with E-state index in [1.54, 1.807) is 0 Å². The summed E-state index contributed by atoms with van der Waals surface area (Å²) in [6.45, 7) is 9.60. The molecule has 0 aliphatic heterocycles. The molecule has 0 rings (SSSR count). The Morgan fingerprint density at radius 1 is 0.312 bits per heavy atom. The van der Waals surface area contributed by atoms with Crippen LogP contribution in [-0.2, 0) is 65.4 Å². The first-order chi connectivity index (χ1) is 44.9. The molecule has 19 heteroatoms. The highest BCUT2D eigenvalue weighted by Crippen LogP contribution is 2.45. The van der Waals surface area contributed by atoms with Crippen molar-refractivity contribution in [3.63, 3.8) is 0 Å². The van der Waals surface area contributed by atoms with E-state index >= 15 is 0 Å². The highest BCUT2D eigenvalue weighted by atomic mass is 31.2. The van der Waals surface area contributed by atoms with Gasteiger partial charge in [0.1, 0.15) is 19.3 Å². The van der Waals surface area contributed by atoms with Gasteiger partial charge in [0.15, 0.2) is 12.2 Å². The summed E-state index contributed by atoms with van der Waals surface area (Å²) in [4.78, 5) is 72.8. The largest absolute Gasteiger partial charge is 0.472 e. The Morgan fingerprint density at radius 2 is 0.548 bits per heavy atom. The lowest BCUT2D eigenvalue weighted by Gasteiger charge is -2.21. The van der Waals surface area contributed by atoms with Crippen molar-refractivity contribution in [2.75, 3.05) is 39.6 Å². The highest BCUT2D eigenvalue weighted by Gasteiger charge is 2.30. The van der Waals surface area contributed by atoms with Crippen LogP contribution < -0.4 is 0 Å². The van der Waals surface area contributed by atoms with Crippen molar-refractivity contribution in [3.05, 3.63) is 0 Å². The summed E-state index contributed by atoms with van der Waals surface area (Å²) in [6, 6.07) is 0. The van der Waals surface area contributed by atoms with Crippen molar-refractivity contribution in [1.29, 1.82) is 0 Å². The summed E-state index contributed by atoms with van der Waals surface area (Å²) in [5.41, 5.74) is 0. The summed E-state index contributed by atoms with van der Waals surface area (Å²) in [7, 11) is -9.91. The van der Waals surface area contributed by atoms with Crippen molar-refractivity contribution >= 4 is 39.5 Å². The molecule has 0 saturated heterocycles. The lowest BCUT2D eigenvalue weighted by molar-refractivity contribution is -0.161. The van der Waals surface area contributed by atoms with Crippen molar-refractivity contribution in [1.82, 2.24) is 0 Å². The monoisotopic (exact) mass is 1370 g/mol. The molecule has 0 aromatic heterocycles. The first-order valence-electron chi connectivity index (χ1n) is 38.5. The third kappa shape index (κ3) is 67.0. The van der Waals surface area contributed by atoms with Crippen molar-refractivity contribution in [3.8, 4) is 0 Å². The lowest BCUT2D eigenvalue weighted by Crippen LogP contribution is -2.30. The quantitative estimate of drug-likeness (QED) is 0.0222. The molecule has 0 aliphatic rings. The number of aliphatic hydroxyl groups excluding tert-OH is 1. The number of hydrogen-bond acceptors (Lipinski definition) is 15. The minimum atomic E-state index is -4.95. The van der Waals surface area contributed by atoms with Gasteiger partial charge in [-0.25, -0.2) is 9.13 Å². The van der Waals surface area contributed by atoms with Crippen LogP contribution >= 0.6 is 15.6 Å². The van der Waals surface area contributed by atoms with Crippen LogP contribution in [0.2, 0.25) is 0 Å². The van der Waals surface area contributed by atoms with Crippen molar-refractivity contribution in [2.24, 2.45) is 11.8 Å². The molecular weight excluding hydrogens is 1220 g/mol. The number of phosphoric ester groups is 2. The molecule has 0 saturated carbocycles. The smallest absolute Gasteiger partial charge is 0.462 e. The van der Waals surface area contributed by atoms with Gasteiger partial charge in [-0.1, -0.05) is 330 Å². The van der Waals surface area contributed by atoms with Gasteiger partial charge in [0.25, 0.3) is 0 Å². The van der Waals surface area contributed by atoms with E-state index in [0.717, 1.165) is 102 Å². The third-order valence-corrected chi connectivity index (χ3v) is 19.5. The zero-order valence-corrected chi connectivity index (χ0v) is 62.3. The fourth-order valence-corrected chi connectivity index (χ4v) is 12.8. The van der Waals surface area contributed by atoms with Gasteiger partial charge in [-0.15, -0.1) is 0 Å². The van der Waals surface area contributed by atoms with E-state index in [9.17, 15) is 43.2 Å². The van der Waals surface area contributed by atoms with E-state index in [0.29, 0.717) is 25.7 Å². The normalized spacial score (nSPS) is 14.3. The zero-order chi connectivity index (χ0) is 68.6.